The van der Waals surface area contributed by atoms with E-state index in [0.717, 1.165) is 10.9 Å². The summed E-state index contributed by atoms with van der Waals surface area (Å²) < 4.78 is 5.61. The Labute approximate surface area is 123 Å². The van der Waals surface area contributed by atoms with Crippen molar-refractivity contribution in [1.29, 1.82) is 0 Å². The monoisotopic (exact) mass is 280 g/mol. The summed E-state index contributed by atoms with van der Waals surface area (Å²) >= 11 is 0. The number of aromatic nitrogens is 1. The molecule has 4 heteroatoms. The zero-order chi connectivity index (χ0) is 14.9. The second-order valence-corrected chi connectivity index (χ2v) is 4.19. The Hall–Kier alpha value is -2.80. The molecule has 0 fully saturated rings. The predicted molar refractivity (Wildman–Crippen MR) is 82.8 cm³/mol. The SMILES string of the molecule is C/C=C/C(=O)NCC#CCOc1cccc2cccnc12. The molecule has 0 bridgehead atoms. The lowest BCUT2D eigenvalue weighted by Gasteiger charge is -2.05. The van der Waals surface area contributed by atoms with Gasteiger partial charge in [-0.25, -0.2) is 0 Å². The van der Waals surface area contributed by atoms with Crippen LogP contribution in [-0.4, -0.2) is 24.0 Å². The molecule has 0 unspecified atom stereocenters. The van der Waals surface area contributed by atoms with Crippen LogP contribution in [0.4, 0.5) is 0 Å². The number of amides is 1. The second-order valence-electron chi connectivity index (χ2n) is 4.19. The van der Waals surface area contributed by atoms with Crippen molar-refractivity contribution in [2.75, 3.05) is 13.2 Å². The van der Waals surface area contributed by atoms with Gasteiger partial charge >= 0.3 is 0 Å². The van der Waals surface area contributed by atoms with Crippen LogP contribution in [0.15, 0.2) is 48.7 Å². The zero-order valence-electron chi connectivity index (χ0n) is 11.8. The molecule has 1 amide bonds. The van der Waals surface area contributed by atoms with Gasteiger partial charge in [-0.2, -0.15) is 0 Å². The number of rotatable bonds is 4. The molecular formula is C17H16N2O2. The second kappa shape index (κ2) is 7.71. The van der Waals surface area contributed by atoms with Gasteiger partial charge in [0.05, 0.1) is 6.54 Å². The van der Waals surface area contributed by atoms with Crippen LogP contribution in [0.5, 0.6) is 5.75 Å². The lowest BCUT2D eigenvalue weighted by Crippen LogP contribution is -2.21. The largest absolute Gasteiger partial charge is 0.479 e. The number of allylic oxidation sites excluding steroid dienone is 1. The number of nitrogens with zero attached hydrogens (tertiary/aromatic N) is 1. The molecule has 21 heavy (non-hydrogen) atoms. The highest BCUT2D eigenvalue weighted by Crippen LogP contribution is 2.22. The van der Waals surface area contributed by atoms with Gasteiger partial charge < -0.3 is 10.1 Å². The molecule has 0 aliphatic heterocycles. The van der Waals surface area contributed by atoms with E-state index in [1.807, 2.05) is 30.3 Å². The average molecular weight is 280 g/mol. The van der Waals surface area contributed by atoms with E-state index in [-0.39, 0.29) is 12.5 Å². The minimum atomic E-state index is -0.147. The molecular weight excluding hydrogens is 264 g/mol. The summed E-state index contributed by atoms with van der Waals surface area (Å²) in [7, 11) is 0. The van der Waals surface area contributed by atoms with Crippen LogP contribution >= 0.6 is 0 Å². The highest BCUT2D eigenvalue weighted by molar-refractivity contribution is 5.87. The molecule has 0 saturated carbocycles. The van der Waals surface area contributed by atoms with Crippen molar-refractivity contribution >= 4 is 16.8 Å². The van der Waals surface area contributed by atoms with Gasteiger partial charge in [0.1, 0.15) is 17.9 Å². The average Bonchev–Trinajstić information content (AvgIpc) is 2.51. The number of nitrogens with one attached hydrogen (secondary N) is 1. The minimum absolute atomic E-state index is 0.147. The maximum atomic E-state index is 11.1. The molecule has 2 aromatic rings. The molecule has 0 aliphatic carbocycles. The van der Waals surface area contributed by atoms with Gasteiger partial charge in [0.25, 0.3) is 0 Å². The molecule has 1 aromatic carbocycles. The fourth-order valence-electron chi connectivity index (χ4n) is 1.76. The van der Waals surface area contributed by atoms with Crippen molar-refractivity contribution in [3.05, 3.63) is 48.7 Å². The maximum absolute atomic E-state index is 11.1. The van der Waals surface area contributed by atoms with Crippen LogP contribution in [0.25, 0.3) is 10.9 Å². The lowest BCUT2D eigenvalue weighted by molar-refractivity contribution is -0.116. The molecule has 0 atom stereocenters. The van der Waals surface area contributed by atoms with Crippen LogP contribution in [0.2, 0.25) is 0 Å². The quantitative estimate of drug-likeness (QED) is 0.690. The summed E-state index contributed by atoms with van der Waals surface area (Å²) in [4.78, 5) is 15.4. The third-order valence-corrected chi connectivity index (χ3v) is 2.69. The summed E-state index contributed by atoms with van der Waals surface area (Å²) in [6.45, 7) is 2.35. The Balaban J connectivity index is 1.87. The standard InChI is InChI=1S/C17H16N2O2/c1-2-7-16(20)18-11-3-4-13-21-15-10-5-8-14-9-6-12-19-17(14)15/h2,5-10,12H,11,13H2,1H3,(H,18,20)/b7-2+. The number of carbonyl (C=O) groups is 1. The predicted octanol–water partition coefficient (Wildman–Crippen LogP) is 2.31. The van der Waals surface area contributed by atoms with Crippen LogP contribution < -0.4 is 10.1 Å². The van der Waals surface area contributed by atoms with E-state index in [2.05, 4.69) is 22.1 Å². The van der Waals surface area contributed by atoms with Crippen LogP contribution in [-0.2, 0) is 4.79 Å². The summed E-state index contributed by atoms with van der Waals surface area (Å²) in [6.07, 6.45) is 4.87. The Morgan fingerprint density at radius 3 is 3.05 bits per heavy atom. The summed E-state index contributed by atoms with van der Waals surface area (Å²) in [6, 6.07) is 9.64. The van der Waals surface area contributed by atoms with E-state index >= 15 is 0 Å². The number of hydrogen-bond donors (Lipinski definition) is 1. The molecule has 106 valence electrons. The molecule has 1 heterocycles. The zero-order valence-corrected chi connectivity index (χ0v) is 11.8. The van der Waals surface area contributed by atoms with Gasteiger partial charge in [-0.3, -0.25) is 9.78 Å². The Kier molecular flexibility index (Phi) is 5.36. The van der Waals surface area contributed by atoms with E-state index in [1.165, 1.54) is 6.08 Å². The number of benzene rings is 1. The van der Waals surface area contributed by atoms with E-state index in [1.54, 1.807) is 19.2 Å². The van der Waals surface area contributed by atoms with E-state index in [9.17, 15) is 4.79 Å². The van der Waals surface area contributed by atoms with Crippen molar-refractivity contribution in [3.63, 3.8) is 0 Å². The first-order valence-electron chi connectivity index (χ1n) is 6.64. The molecule has 1 aromatic heterocycles. The van der Waals surface area contributed by atoms with Gasteiger partial charge in [0, 0.05) is 11.6 Å². The van der Waals surface area contributed by atoms with Gasteiger partial charge in [0.2, 0.25) is 5.91 Å². The lowest BCUT2D eigenvalue weighted by atomic mass is 10.2. The van der Waals surface area contributed by atoms with Crippen molar-refractivity contribution in [2.24, 2.45) is 0 Å². The fraction of sp³-hybridized carbons (Fsp3) is 0.176. The topological polar surface area (TPSA) is 51.2 Å². The van der Waals surface area contributed by atoms with Gasteiger partial charge in [-0.15, -0.1) is 0 Å². The molecule has 0 aliphatic rings. The van der Waals surface area contributed by atoms with Crippen LogP contribution in [0.1, 0.15) is 6.92 Å². The Bertz CT molecular complexity index is 706. The highest BCUT2D eigenvalue weighted by Gasteiger charge is 2.00. The highest BCUT2D eigenvalue weighted by atomic mass is 16.5. The summed E-state index contributed by atoms with van der Waals surface area (Å²) in [5, 5.41) is 3.67. The van der Waals surface area contributed by atoms with Crippen molar-refractivity contribution in [1.82, 2.24) is 10.3 Å². The Morgan fingerprint density at radius 1 is 1.33 bits per heavy atom. The minimum Gasteiger partial charge on any atom is -0.479 e. The summed E-state index contributed by atoms with van der Waals surface area (Å²) in [5.41, 5.74) is 0.822. The van der Waals surface area contributed by atoms with Crippen LogP contribution in [0.3, 0.4) is 0 Å². The third kappa shape index (κ3) is 4.36. The molecule has 2 rings (SSSR count). The Morgan fingerprint density at radius 2 is 2.19 bits per heavy atom. The fourth-order valence-corrected chi connectivity index (χ4v) is 1.76. The number of carbonyl (C=O) groups excluding carboxylic acids is 1. The van der Waals surface area contributed by atoms with E-state index < -0.39 is 0 Å². The number of pyridine rings is 1. The van der Waals surface area contributed by atoms with Crippen molar-refractivity contribution in [2.45, 2.75) is 6.92 Å². The van der Waals surface area contributed by atoms with E-state index in [0.29, 0.717) is 12.3 Å². The van der Waals surface area contributed by atoms with Crippen molar-refractivity contribution < 1.29 is 9.53 Å². The number of fused-ring (bicyclic) bond motifs is 1. The van der Waals surface area contributed by atoms with Crippen molar-refractivity contribution in [3.8, 4) is 17.6 Å². The normalized spacial score (nSPS) is 10.1. The molecule has 0 spiro atoms. The first-order chi connectivity index (χ1) is 10.3. The van der Waals surface area contributed by atoms with Crippen LogP contribution in [0, 0.1) is 11.8 Å². The number of ether oxygens (including phenoxy) is 1. The van der Waals surface area contributed by atoms with Gasteiger partial charge in [-0.1, -0.05) is 36.1 Å². The molecule has 0 radical (unpaired) electrons. The first kappa shape index (κ1) is 14.6. The molecule has 0 saturated heterocycles. The van der Waals surface area contributed by atoms with Gasteiger partial charge in [0.15, 0.2) is 0 Å². The van der Waals surface area contributed by atoms with Gasteiger partial charge in [-0.05, 0) is 25.1 Å². The number of para-hydroxylation sites is 1. The third-order valence-electron chi connectivity index (χ3n) is 2.69. The maximum Gasteiger partial charge on any atom is 0.244 e. The smallest absolute Gasteiger partial charge is 0.244 e. The molecule has 1 N–H and O–H groups in total. The summed E-state index contributed by atoms with van der Waals surface area (Å²) in [5.74, 6) is 6.25. The van der Waals surface area contributed by atoms with E-state index in [4.69, 9.17) is 4.74 Å². The first-order valence-corrected chi connectivity index (χ1v) is 6.64. The molecule has 4 nitrogen and oxygen atoms in total. The number of hydrogen-bond acceptors (Lipinski definition) is 3.